The van der Waals surface area contributed by atoms with Gasteiger partial charge in [-0.1, -0.05) is 53.8 Å². The lowest BCUT2D eigenvalue weighted by Crippen LogP contribution is -2.39. The third-order valence-electron chi connectivity index (χ3n) is 5.72. The van der Waals surface area contributed by atoms with Crippen LogP contribution in [0.3, 0.4) is 0 Å². The normalized spacial score (nSPS) is 15.2. The van der Waals surface area contributed by atoms with Crippen molar-refractivity contribution >= 4 is 29.4 Å². The summed E-state index contributed by atoms with van der Waals surface area (Å²) in [7, 11) is 0. The van der Waals surface area contributed by atoms with Crippen molar-refractivity contribution in [1.82, 2.24) is 4.57 Å². The van der Waals surface area contributed by atoms with E-state index in [1.165, 1.54) is 28.2 Å². The molecule has 1 atom stereocenters. The number of esters is 2. The molecule has 9 heteroatoms. The summed E-state index contributed by atoms with van der Waals surface area (Å²) in [4.78, 5) is 43.9. The van der Waals surface area contributed by atoms with E-state index in [1.807, 2.05) is 30.3 Å². The number of benzene rings is 2. The molecule has 0 radical (unpaired) electrons. The Morgan fingerprint density at radius 3 is 2.62 bits per heavy atom. The molecule has 0 saturated heterocycles. The summed E-state index contributed by atoms with van der Waals surface area (Å²) in [5.41, 5.74) is 1.99. The van der Waals surface area contributed by atoms with Crippen molar-refractivity contribution in [2.75, 3.05) is 6.61 Å². The largest absolute Gasteiger partial charge is 0.463 e. The third-order valence-corrected chi connectivity index (χ3v) is 6.70. The topological polar surface area (TPSA) is 100 Å². The Bertz CT molecular complexity index is 1680. The summed E-state index contributed by atoms with van der Waals surface area (Å²) in [5.74, 6) is -0.720. The second kappa shape index (κ2) is 10.2. The van der Waals surface area contributed by atoms with Gasteiger partial charge in [-0.05, 0) is 55.3 Å². The fourth-order valence-corrected chi connectivity index (χ4v) is 5.16. The minimum Gasteiger partial charge on any atom is -0.463 e. The number of furan rings is 1. The van der Waals surface area contributed by atoms with Crippen molar-refractivity contribution in [2.24, 2.45) is 4.99 Å². The van der Waals surface area contributed by atoms with Crippen LogP contribution in [0.15, 0.2) is 98.5 Å². The fraction of sp³-hybridized carbons (Fsp3) is 0.143. The Labute approximate surface area is 215 Å². The maximum Gasteiger partial charge on any atom is 0.379 e. The monoisotopic (exact) mass is 514 g/mol. The van der Waals surface area contributed by atoms with Crippen LogP contribution in [0.25, 0.3) is 6.08 Å². The first-order valence-corrected chi connectivity index (χ1v) is 12.4. The van der Waals surface area contributed by atoms with Gasteiger partial charge in [0.15, 0.2) is 4.80 Å². The van der Waals surface area contributed by atoms with Gasteiger partial charge < -0.3 is 13.9 Å². The van der Waals surface area contributed by atoms with Gasteiger partial charge in [-0.15, -0.1) is 0 Å². The highest BCUT2D eigenvalue weighted by molar-refractivity contribution is 7.07. The van der Waals surface area contributed by atoms with Crippen LogP contribution in [0.2, 0.25) is 0 Å². The highest BCUT2D eigenvalue weighted by Crippen LogP contribution is 2.30. The molecule has 0 amide bonds. The van der Waals surface area contributed by atoms with Crippen LogP contribution in [-0.2, 0) is 9.53 Å². The lowest BCUT2D eigenvalue weighted by Gasteiger charge is -2.24. The zero-order valence-electron chi connectivity index (χ0n) is 20.0. The Kier molecular flexibility index (Phi) is 6.70. The molecule has 2 aromatic heterocycles. The van der Waals surface area contributed by atoms with Crippen LogP contribution < -0.4 is 19.6 Å². The molecule has 8 nitrogen and oxygen atoms in total. The van der Waals surface area contributed by atoms with Gasteiger partial charge in [-0.25, -0.2) is 14.6 Å². The van der Waals surface area contributed by atoms with Gasteiger partial charge in [0.25, 0.3) is 5.56 Å². The van der Waals surface area contributed by atoms with Gasteiger partial charge in [0.05, 0.1) is 34.7 Å². The molecule has 1 aliphatic rings. The van der Waals surface area contributed by atoms with E-state index < -0.39 is 18.0 Å². The first kappa shape index (κ1) is 24.2. The van der Waals surface area contributed by atoms with Crippen molar-refractivity contribution < 1.29 is 23.5 Å². The number of fused-ring (bicyclic) bond motifs is 1. The lowest BCUT2D eigenvalue weighted by atomic mass is 9.96. The van der Waals surface area contributed by atoms with Crippen LogP contribution in [0.5, 0.6) is 5.75 Å². The number of nitrogens with zero attached hydrogens (tertiary/aromatic N) is 2. The van der Waals surface area contributed by atoms with Gasteiger partial charge >= 0.3 is 11.9 Å². The predicted molar refractivity (Wildman–Crippen MR) is 137 cm³/mol. The van der Waals surface area contributed by atoms with Crippen LogP contribution >= 0.6 is 11.3 Å². The standard InChI is InChI=1S/C28H22N2O6S/c1-3-34-27(33)23-17(2)29-28-30(24(23)19-10-5-4-6-11-19)25(31)22(37-28)16-18-9-7-12-20(15-18)36-26(32)21-13-8-14-35-21/h4-16,24H,3H2,1-2H3/b22-16+. The molecular formula is C28H22N2O6S. The zero-order chi connectivity index (χ0) is 25.9. The average molecular weight is 515 g/mol. The number of hydrogen-bond donors (Lipinski definition) is 0. The van der Waals surface area contributed by atoms with E-state index in [-0.39, 0.29) is 17.9 Å². The SMILES string of the molecule is CCOC(=O)C1=C(C)N=c2s/c(=C/c3cccc(OC(=O)c4ccco4)c3)c(=O)n2C1c1ccccc1. The van der Waals surface area contributed by atoms with Crippen LogP contribution in [0.4, 0.5) is 0 Å². The first-order chi connectivity index (χ1) is 18.0. The summed E-state index contributed by atoms with van der Waals surface area (Å²) in [6.07, 6.45) is 3.10. The van der Waals surface area contributed by atoms with E-state index in [0.29, 0.717) is 31.9 Å². The number of carbonyl (C=O) groups is 2. The van der Waals surface area contributed by atoms with Crippen molar-refractivity contribution in [1.29, 1.82) is 0 Å². The molecule has 0 aliphatic carbocycles. The smallest absolute Gasteiger partial charge is 0.379 e. The summed E-state index contributed by atoms with van der Waals surface area (Å²) in [6, 6.07) is 18.6. The van der Waals surface area contributed by atoms with Crippen LogP contribution in [0.1, 0.15) is 41.6 Å². The molecule has 5 rings (SSSR count). The lowest BCUT2D eigenvalue weighted by molar-refractivity contribution is -0.139. The van der Waals surface area contributed by atoms with E-state index in [4.69, 9.17) is 13.9 Å². The molecule has 0 saturated carbocycles. The molecule has 1 aliphatic heterocycles. The number of allylic oxidation sites excluding steroid dienone is 1. The number of rotatable bonds is 6. The van der Waals surface area contributed by atoms with Gasteiger partial charge in [-0.2, -0.15) is 0 Å². The summed E-state index contributed by atoms with van der Waals surface area (Å²) < 4.78 is 17.7. The van der Waals surface area contributed by atoms with Gasteiger partial charge in [-0.3, -0.25) is 9.36 Å². The Balaban J connectivity index is 1.57. The van der Waals surface area contributed by atoms with Crippen molar-refractivity contribution in [3.8, 4) is 5.75 Å². The van der Waals surface area contributed by atoms with Gasteiger partial charge in [0.2, 0.25) is 5.76 Å². The van der Waals surface area contributed by atoms with E-state index in [9.17, 15) is 14.4 Å². The molecule has 4 aromatic rings. The number of ether oxygens (including phenoxy) is 2. The fourth-order valence-electron chi connectivity index (χ4n) is 4.11. The zero-order valence-corrected chi connectivity index (χ0v) is 20.9. The molecule has 2 aromatic carbocycles. The van der Waals surface area contributed by atoms with E-state index >= 15 is 0 Å². The minimum atomic E-state index is -0.667. The second-order valence-corrected chi connectivity index (χ2v) is 9.16. The maximum absolute atomic E-state index is 13.7. The van der Waals surface area contributed by atoms with Crippen LogP contribution in [0, 0.1) is 0 Å². The molecule has 3 heterocycles. The summed E-state index contributed by atoms with van der Waals surface area (Å²) in [6.45, 7) is 3.69. The molecule has 0 N–H and O–H groups in total. The molecule has 186 valence electrons. The van der Waals surface area contributed by atoms with Gasteiger partial charge in [0, 0.05) is 0 Å². The van der Waals surface area contributed by atoms with E-state index in [1.54, 1.807) is 50.3 Å². The predicted octanol–water partition coefficient (Wildman–Crippen LogP) is 3.61. The highest BCUT2D eigenvalue weighted by atomic mass is 32.1. The molecule has 0 fully saturated rings. The number of thiazole rings is 1. The quantitative estimate of drug-likeness (QED) is 0.288. The Morgan fingerprint density at radius 2 is 1.89 bits per heavy atom. The highest BCUT2D eigenvalue weighted by Gasteiger charge is 2.33. The Morgan fingerprint density at radius 1 is 1.08 bits per heavy atom. The maximum atomic E-state index is 13.7. The third kappa shape index (κ3) is 4.81. The molecule has 37 heavy (non-hydrogen) atoms. The van der Waals surface area contributed by atoms with E-state index in [0.717, 1.165) is 5.56 Å². The van der Waals surface area contributed by atoms with E-state index in [2.05, 4.69) is 4.99 Å². The van der Waals surface area contributed by atoms with Crippen LogP contribution in [-0.4, -0.2) is 23.1 Å². The van der Waals surface area contributed by atoms with Crippen molar-refractivity contribution in [3.63, 3.8) is 0 Å². The number of aromatic nitrogens is 1. The number of carbonyl (C=O) groups excluding carboxylic acids is 2. The van der Waals surface area contributed by atoms with Crippen molar-refractivity contribution in [3.05, 3.63) is 121 Å². The number of hydrogen-bond acceptors (Lipinski definition) is 8. The summed E-state index contributed by atoms with van der Waals surface area (Å²) >= 11 is 1.22. The molecule has 1 unspecified atom stereocenters. The molecular weight excluding hydrogens is 492 g/mol. The summed E-state index contributed by atoms with van der Waals surface area (Å²) in [5, 5.41) is 0. The van der Waals surface area contributed by atoms with Crippen molar-refractivity contribution in [2.45, 2.75) is 19.9 Å². The molecule has 0 bridgehead atoms. The first-order valence-electron chi connectivity index (χ1n) is 11.6. The second-order valence-electron chi connectivity index (χ2n) is 8.15. The minimum absolute atomic E-state index is 0.0902. The molecule has 0 spiro atoms. The van der Waals surface area contributed by atoms with Gasteiger partial charge in [0.1, 0.15) is 5.75 Å². The Hall–Kier alpha value is -4.50. The average Bonchev–Trinajstić information content (AvgIpc) is 3.53.